The summed E-state index contributed by atoms with van der Waals surface area (Å²) >= 11 is 0. The van der Waals surface area contributed by atoms with E-state index >= 15 is 0 Å². The van der Waals surface area contributed by atoms with Crippen molar-refractivity contribution in [2.45, 2.75) is 0 Å². The van der Waals surface area contributed by atoms with Crippen LogP contribution in [0.2, 0.25) is 0 Å². The fourth-order valence-corrected chi connectivity index (χ4v) is 12.3. The molecule has 1 nitrogen and oxygen atoms in total. The summed E-state index contributed by atoms with van der Waals surface area (Å²) in [4.78, 5) is 0. The molecule has 0 N–H and O–H groups in total. The Morgan fingerprint density at radius 1 is 0.178 bits per heavy atom. The van der Waals surface area contributed by atoms with E-state index in [1.165, 1.54) is 142 Å². The molecule has 0 bridgehead atoms. The zero-order chi connectivity index (χ0) is 48.0. The van der Waals surface area contributed by atoms with Crippen molar-refractivity contribution in [3.8, 4) is 61.3 Å². The largest absolute Gasteiger partial charge is 0.309 e. The Morgan fingerprint density at radius 3 is 1.03 bits per heavy atom. The second-order valence-corrected chi connectivity index (χ2v) is 19.5. The van der Waals surface area contributed by atoms with E-state index in [0.29, 0.717) is 0 Å². The molecule has 73 heavy (non-hydrogen) atoms. The highest BCUT2D eigenvalue weighted by Gasteiger charge is 2.21. The van der Waals surface area contributed by atoms with Crippen molar-refractivity contribution in [3.63, 3.8) is 0 Å². The molecule has 1 heteroatoms. The normalized spacial score (nSPS) is 11.8. The van der Waals surface area contributed by atoms with Crippen LogP contribution in [0.25, 0.3) is 148 Å². The van der Waals surface area contributed by atoms with Gasteiger partial charge in [-0.05, 0) is 169 Å². The number of nitrogens with zero attached hydrogens (tertiary/aromatic N) is 1. The van der Waals surface area contributed by atoms with E-state index in [9.17, 15) is 0 Å². The van der Waals surface area contributed by atoms with Gasteiger partial charge < -0.3 is 4.57 Å². The van der Waals surface area contributed by atoms with Crippen LogP contribution < -0.4 is 0 Å². The van der Waals surface area contributed by atoms with Crippen molar-refractivity contribution in [1.29, 1.82) is 0 Å². The topological polar surface area (TPSA) is 4.93 Å². The van der Waals surface area contributed by atoms with Gasteiger partial charge in [-0.3, -0.25) is 0 Å². The van der Waals surface area contributed by atoms with Gasteiger partial charge in [0.25, 0.3) is 0 Å². The Morgan fingerprint density at radius 2 is 0.521 bits per heavy atom. The number of benzene rings is 14. The van der Waals surface area contributed by atoms with Gasteiger partial charge in [-0.1, -0.05) is 224 Å². The van der Waals surface area contributed by atoms with E-state index in [0.717, 1.165) is 5.69 Å². The molecule has 338 valence electrons. The third-order valence-electron chi connectivity index (χ3n) is 15.5. The lowest BCUT2D eigenvalue weighted by atomic mass is 9.83. The Balaban J connectivity index is 0.930. The molecule has 1 heterocycles. The maximum atomic E-state index is 2.46. The second-order valence-electron chi connectivity index (χ2n) is 19.5. The van der Waals surface area contributed by atoms with Crippen LogP contribution in [0.3, 0.4) is 0 Å². The first kappa shape index (κ1) is 41.2. The standard InChI is InChI=1S/C72H45N/c1-3-19-48-41-54(37-35-46(48)17-1)71-63-31-9-10-32-64(63)72(55-38-36-47-18-2-4-20-49(47)42-55)66-45-51(39-40-65(66)71)50-21-15-22-52(43-50)69-59-27-5-7-29-61(59)70(62-30-8-6-28-60(62)69)53-23-16-24-56(44-53)73-67-33-13-11-25-57(67)58-26-12-14-34-68(58)73/h1-45H. The van der Waals surface area contributed by atoms with E-state index in [2.05, 4.69) is 278 Å². The quantitative estimate of drug-likeness (QED) is 0.146. The minimum atomic E-state index is 1.15. The van der Waals surface area contributed by atoms with Crippen molar-refractivity contribution in [1.82, 2.24) is 4.57 Å². The minimum Gasteiger partial charge on any atom is -0.309 e. The molecule has 0 saturated carbocycles. The van der Waals surface area contributed by atoms with Crippen LogP contribution in [0.1, 0.15) is 0 Å². The minimum absolute atomic E-state index is 1.15. The summed E-state index contributed by atoms with van der Waals surface area (Å²) in [6.45, 7) is 0. The summed E-state index contributed by atoms with van der Waals surface area (Å²) in [7, 11) is 0. The highest BCUT2D eigenvalue weighted by atomic mass is 15.0. The molecule has 0 amide bonds. The zero-order valence-electron chi connectivity index (χ0n) is 39.9. The summed E-state index contributed by atoms with van der Waals surface area (Å²) < 4.78 is 2.42. The predicted molar refractivity (Wildman–Crippen MR) is 313 cm³/mol. The summed E-state index contributed by atoms with van der Waals surface area (Å²) in [5.74, 6) is 0. The van der Waals surface area contributed by atoms with Gasteiger partial charge in [0.1, 0.15) is 0 Å². The lowest BCUT2D eigenvalue weighted by molar-refractivity contribution is 1.18. The summed E-state index contributed by atoms with van der Waals surface area (Å²) in [5.41, 5.74) is 15.8. The molecule has 15 aromatic rings. The van der Waals surface area contributed by atoms with E-state index < -0.39 is 0 Å². The Hall–Kier alpha value is -9.56. The molecule has 0 aliphatic heterocycles. The molecular formula is C72H45N. The first-order valence-corrected chi connectivity index (χ1v) is 25.3. The fourth-order valence-electron chi connectivity index (χ4n) is 12.3. The van der Waals surface area contributed by atoms with Crippen LogP contribution in [-0.2, 0) is 0 Å². The van der Waals surface area contributed by atoms with Crippen LogP contribution in [0.5, 0.6) is 0 Å². The molecule has 0 fully saturated rings. The maximum Gasteiger partial charge on any atom is 0.0541 e. The molecule has 0 atom stereocenters. The predicted octanol–water partition coefficient (Wildman–Crippen LogP) is 20.0. The molecule has 14 aromatic carbocycles. The summed E-state index contributed by atoms with van der Waals surface area (Å²) in [6, 6.07) is 101. The maximum absolute atomic E-state index is 2.46. The Kier molecular flexibility index (Phi) is 9.33. The summed E-state index contributed by atoms with van der Waals surface area (Å²) in [6.07, 6.45) is 0. The van der Waals surface area contributed by atoms with Crippen LogP contribution >= 0.6 is 0 Å². The van der Waals surface area contributed by atoms with Crippen molar-refractivity contribution in [2.75, 3.05) is 0 Å². The lowest BCUT2D eigenvalue weighted by Crippen LogP contribution is -1.95. The van der Waals surface area contributed by atoms with E-state index in [4.69, 9.17) is 0 Å². The number of hydrogen-bond acceptors (Lipinski definition) is 0. The number of rotatable bonds is 6. The van der Waals surface area contributed by atoms with E-state index in [-0.39, 0.29) is 0 Å². The van der Waals surface area contributed by atoms with Crippen molar-refractivity contribution in [3.05, 3.63) is 273 Å². The average Bonchev–Trinajstić information content (AvgIpc) is 3.80. The number of para-hydroxylation sites is 2. The molecule has 0 saturated heterocycles. The van der Waals surface area contributed by atoms with Crippen molar-refractivity contribution in [2.24, 2.45) is 0 Å². The number of hydrogen-bond donors (Lipinski definition) is 0. The smallest absolute Gasteiger partial charge is 0.0541 e. The molecule has 0 spiro atoms. The van der Waals surface area contributed by atoms with Crippen LogP contribution in [0.4, 0.5) is 0 Å². The van der Waals surface area contributed by atoms with Gasteiger partial charge in [0.2, 0.25) is 0 Å². The highest BCUT2D eigenvalue weighted by Crippen LogP contribution is 2.48. The lowest BCUT2D eigenvalue weighted by Gasteiger charge is -2.20. The van der Waals surface area contributed by atoms with Crippen LogP contribution in [0.15, 0.2) is 273 Å². The fraction of sp³-hybridized carbons (Fsp3) is 0. The SMILES string of the molecule is c1cc(-c2ccc3c(-c4ccc5ccccc5c4)c4ccccc4c(-c4ccc5ccccc5c4)c3c2)cc(-c2c3ccccc3c(-c3cccc(-n4c5ccccc5c5ccccc54)c3)c3ccccc23)c1. The molecule has 0 aliphatic carbocycles. The third-order valence-corrected chi connectivity index (χ3v) is 15.5. The Labute approximate surface area is 423 Å². The third kappa shape index (κ3) is 6.56. The number of fused-ring (bicyclic) bond motifs is 9. The molecule has 1 aromatic heterocycles. The van der Waals surface area contributed by atoms with Crippen LogP contribution in [0, 0.1) is 0 Å². The Bertz CT molecular complexity index is 4630. The monoisotopic (exact) mass is 923 g/mol. The van der Waals surface area contributed by atoms with Gasteiger partial charge in [0.05, 0.1) is 11.0 Å². The van der Waals surface area contributed by atoms with Crippen molar-refractivity contribution >= 4 is 86.4 Å². The molecular weight excluding hydrogens is 879 g/mol. The van der Waals surface area contributed by atoms with Crippen LogP contribution in [-0.4, -0.2) is 4.57 Å². The summed E-state index contributed by atoms with van der Waals surface area (Å²) in [5, 5.41) is 17.4. The first-order chi connectivity index (χ1) is 36.2. The van der Waals surface area contributed by atoms with E-state index in [1.807, 2.05) is 0 Å². The van der Waals surface area contributed by atoms with Crippen molar-refractivity contribution < 1.29 is 0 Å². The van der Waals surface area contributed by atoms with Gasteiger partial charge >= 0.3 is 0 Å². The highest BCUT2D eigenvalue weighted by molar-refractivity contribution is 6.24. The van der Waals surface area contributed by atoms with Gasteiger partial charge in [0.15, 0.2) is 0 Å². The number of aromatic nitrogens is 1. The van der Waals surface area contributed by atoms with Gasteiger partial charge in [0, 0.05) is 16.5 Å². The molecule has 0 unspecified atom stereocenters. The second kappa shape index (κ2) is 16.5. The molecule has 15 rings (SSSR count). The van der Waals surface area contributed by atoms with E-state index in [1.54, 1.807) is 0 Å². The van der Waals surface area contributed by atoms with Gasteiger partial charge in [-0.25, -0.2) is 0 Å². The van der Waals surface area contributed by atoms with Gasteiger partial charge in [-0.15, -0.1) is 0 Å². The average molecular weight is 924 g/mol. The van der Waals surface area contributed by atoms with Gasteiger partial charge in [-0.2, -0.15) is 0 Å². The molecule has 0 aliphatic rings. The first-order valence-electron chi connectivity index (χ1n) is 25.3. The molecule has 0 radical (unpaired) electrons. The zero-order valence-corrected chi connectivity index (χ0v) is 39.9.